The number of nitrogens with zero attached hydrogens (tertiary/aromatic N) is 5. The molecule has 0 saturated carbocycles. The summed E-state index contributed by atoms with van der Waals surface area (Å²) in [6.45, 7) is 7.14. The molecule has 8 nitrogen and oxygen atoms in total. The van der Waals surface area contributed by atoms with E-state index < -0.39 is 12.2 Å². The molecule has 3 aliphatic heterocycles. The number of urea groups is 1. The molecule has 1 fully saturated rings. The maximum atomic E-state index is 13.2. The van der Waals surface area contributed by atoms with E-state index in [-0.39, 0.29) is 18.5 Å². The average Bonchev–Trinajstić information content (AvgIpc) is 3.23. The zero-order valence-corrected chi connectivity index (χ0v) is 17.3. The minimum Gasteiger partial charge on any atom is -0.380 e. The van der Waals surface area contributed by atoms with Gasteiger partial charge in [0.15, 0.2) is 12.2 Å². The molecule has 1 aromatic carbocycles. The van der Waals surface area contributed by atoms with Gasteiger partial charge in [-0.15, -0.1) is 0 Å². The first-order valence-electron chi connectivity index (χ1n) is 10.1. The summed E-state index contributed by atoms with van der Waals surface area (Å²) in [4.78, 5) is 37.6. The van der Waals surface area contributed by atoms with Crippen LogP contribution in [-0.4, -0.2) is 71.6 Å². The van der Waals surface area contributed by atoms with Crippen molar-refractivity contribution in [3.8, 4) is 0 Å². The Labute approximate surface area is 171 Å². The summed E-state index contributed by atoms with van der Waals surface area (Å²) < 4.78 is 5.36. The van der Waals surface area contributed by atoms with Gasteiger partial charge in [-0.05, 0) is 31.9 Å². The second kappa shape index (κ2) is 7.51. The number of rotatable bonds is 6. The predicted molar refractivity (Wildman–Crippen MR) is 110 cm³/mol. The number of hydrogen-bond donors (Lipinski definition) is 0. The Kier molecular flexibility index (Phi) is 5.04. The van der Waals surface area contributed by atoms with E-state index in [9.17, 15) is 9.59 Å². The molecule has 0 N–H and O–H groups in total. The van der Waals surface area contributed by atoms with Gasteiger partial charge in [0.2, 0.25) is 5.96 Å². The van der Waals surface area contributed by atoms with Gasteiger partial charge in [-0.3, -0.25) is 14.6 Å². The largest absolute Gasteiger partial charge is 0.380 e. The molecular weight excluding hydrogens is 370 g/mol. The number of carbonyl (C=O) groups is 2. The lowest BCUT2D eigenvalue weighted by Crippen LogP contribution is -2.64. The molecule has 3 heterocycles. The van der Waals surface area contributed by atoms with Gasteiger partial charge in [0.1, 0.15) is 0 Å². The van der Waals surface area contributed by atoms with E-state index in [2.05, 4.69) is 24.0 Å². The van der Waals surface area contributed by atoms with Crippen LogP contribution in [0.1, 0.15) is 26.3 Å². The number of amides is 3. The highest BCUT2D eigenvalue weighted by molar-refractivity contribution is 6.10. The van der Waals surface area contributed by atoms with Crippen molar-refractivity contribution >= 4 is 23.6 Å². The molecule has 0 aliphatic carbocycles. The Bertz CT molecular complexity index is 896. The molecule has 2 unspecified atom stereocenters. The number of imide groups is 1. The fraction of sp³-hybridized carbons (Fsp3) is 0.476. The van der Waals surface area contributed by atoms with Crippen LogP contribution in [0.2, 0.25) is 0 Å². The third-order valence-corrected chi connectivity index (χ3v) is 5.66. The van der Waals surface area contributed by atoms with E-state index in [1.165, 1.54) is 10.5 Å². The summed E-state index contributed by atoms with van der Waals surface area (Å²) in [5.41, 5.74) is 3.25. The number of guanidine groups is 1. The van der Waals surface area contributed by atoms with E-state index in [4.69, 9.17) is 9.73 Å². The lowest BCUT2D eigenvalue weighted by Gasteiger charge is -2.40. The number of para-hydroxylation sites is 1. The number of likely N-dealkylation sites (N-methyl/N-ethyl adjacent to an activating group) is 1. The molecule has 3 aliphatic rings. The SMILES string of the molecule is CCOCCN1C(=O)C2C(N=C3N(c4ccccc4CC)C(C)=CN32)N(C)C1=O. The summed E-state index contributed by atoms with van der Waals surface area (Å²) >= 11 is 0. The van der Waals surface area contributed by atoms with Gasteiger partial charge in [0, 0.05) is 25.6 Å². The van der Waals surface area contributed by atoms with Crippen molar-refractivity contribution in [3.63, 3.8) is 0 Å². The van der Waals surface area contributed by atoms with Gasteiger partial charge in [-0.2, -0.15) is 0 Å². The fourth-order valence-corrected chi connectivity index (χ4v) is 4.19. The monoisotopic (exact) mass is 397 g/mol. The van der Waals surface area contributed by atoms with Crippen molar-refractivity contribution in [2.24, 2.45) is 4.99 Å². The highest BCUT2D eigenvalue weighted by atomic mass is 16.5. The topological polar surface area (TPSA) is 68.7 Å². The van der Waals surface area contributed by atoms with Gasteiger partial charge in [-0.25, -0.2) is 9.79 Å². The van der Waals surface area contributed by atoms with Crippen LogP contribution in [0.5, 0.6) is 0 Å². The quantitative estimate of drug-likeness (QED) is 0.689. The number of hydrogen-bond acceptors (Lipinski definition) is 6. The minimum atomic E-state index is -0.553. The highest BCUT2D eigenvalue weighted by Gasteiger charge is 2.54. The third kappa shape index (κ3) is 2.98. The minimum absolute atomic E-state index is 0.230. The number of allylic oxidation sites excluding steroid dienone is 1. The summed E-state index contributed by atoms with van der Waals surface area (Å²) in [5.74, 6) is 0.462. The van der Waals surface area contributed by atoms with E-state index >= 15 is 0 Å². The van der Waals surface area contributed by atoms with Gasteiger partial charge in [0.05, 0.1) is 18.8 Å². The average molecular weight is 397 g/mol. The summed E-state index contributed by atoms with van der Waals surface area (Å²) in [6, 6.07) is 7.31. The molecule has 0 radical (unpaired) electrons. The molecule has 0 spiro atoms. The Balaban J connectivity index is 1.67. The van der Waals surface area contributed by atoms with Gasteiger partial charge in [-0.1, -0.05) is 25.1 Å². The van der Waals surface area contributed by atoms with E-state index in [0.29, 0.717) is 19.2 Å². The highest BCUT2D eigenvalue weighted by Crippen LogP contribution is 2.37. The smallest absolute Gasteiger partial charge is 0.328 e. The van der Waals surface area contributed by atoms with Gasteiger partial charge < -0.3 is 14.5 Å². The number of ether oxygens (including phenoxy) is 1. The molecule has 154 valence electrons. The first-order chi connectivity index (χ1) is 14.0. The molecule has 1 aromatic rings. The lowest BCUT2D eigenvalue weighted by atomic mass is 10.1. The van der Waals surface area contributed by atoms with Crippen molar-refractivity contribution < 1.29 is 14.3 Å². The maximum Gasteiger partial charge on any atom is 0.328 e. The van der Waals surface area contributed by atoms with Crippen molar-refractivity contribution in [2.45, 2.75) is 39.4 Å². The van der Waals surface area contributed by atoms with Gasteiger partial charge >= 0.3 is 6.03 Å². The van der Waals surface area contributed by atoms with Gasteiger partial charge in [0.25, 0.3) is 5.91 Å². The predicted octanol–water partition coefficient (Wildman–Crippen LogP) is 2.23. The van der Waals surface area contributed by atoms with Crippen molar-refractivity contribution in [1.82, 2.24) is 14.7 Å². The molecule has 0 aromatic heterocycles. The maximum absolute atomic E-state index is 13.2. The Morgan fingerprint density at radius 3 is 2.66 bits per heavy atom. The van der Waals surface area contributed by atoms with Crippen LogP contribution in [0.15, 0.2) is 41.2 Å². The molecular formula is C21H27N5O3. The molecule has 1 saturated heterocycles. The Hall–Kier alpha value is -2.87. The first-order valence-corrected chi connectivity index (χ1v) is 10.1. The van der Waals surface area contributed by atoms with Crippen LogP contribution >= 0.6 is 0 Å². The fourth-order valence-electron chi connectivity index (χ4n) is 4.19. The second-order valence-electron chi connectivity index (χ2n) is 7.36. The molecule has 2 atom stereocenters. The van der Waals surface area contributed by atoms with Crippen LogP contribution < -0.4 is 4.90 Å². The lowest BCUT2D eigenvalue weighted by molar-refractivity contribution is -0.137. The Morgan fingerprint density at radius 2 is 1.93 bits per heavy atom. The second-order valence-corrected chi connectivity index (χ2v) is 7.36. The first kappa shape index (κ1) is 19.4. The number of fused-ring (bicyclic) bond motifs is 3. The van der Waals surface area contributed by atoms with Crippen molar-refractivity contribution in [3.05, 3.63) is 41.7 Å². The van der Waals surface area contributed by atoms with Crippen LogP contribution in [-0.2, 0) is 16.0 Å². The van der Waals surface area contributed by atoms with Crippen LogP contribution in [0.4, 0.5) is 10.5 Å². The van der Waals surface area contributed by atoms with Crippen LogP contribution in [0.3, 0.4) is 0 Å². The standard InChI is InChI=1S/C21H27N5O3/c1-5-15-9-7-8-10-16(15)26-14(3)13-25-17-18(22-20(25)26)23(4)21(28)24(19(17)27)11-12-29-6-2/h7-10,13,17-18H,5-6,11-12H2,1-4H3. The third-order valence-electron chi connectivity index (χ3n) is 5.66. The van der Waals surface area contributed by atoms with E-state index in [1.807, 2.05) is 37.1 Å². The Morgan fingerprint density at radius 1 is 1.17 bits per heavy atom. The van der Waals surface area contributed by atoms with Crippen molar-refractivity contribution in [1.29, 1.82) is 0 Å². The van der Waals surface area contributed by atoms with Crippen LogP contribution in [0, 0.1) is 0 Å². The van der Waals surface area contributed by atoms with E-state index in [0.717, 1.165) is 17.8 Å². The summed E-state index contributed by atoms with van der Waals surface area (Å²) in [5, 5.41) is 0. The zero-order valence-electron chi connectivity index (χ0n) is 17.3. The van der Waals surface area contributed by atoms with E-state index in [1.54, 1.807) is 11.9 Å². The molecule has 8 heteroatoms. The number of aryl methyl sites for hydroxylation is 1. The number of benzene rings is 1. The van der Waals surface area contributed by atoms with Crippen LogP contribution in [0.25, 0.3) is 0 Å². The summed E-state index contributed by atoms with van der Waals surface area (Å²) in [6.07, 6.45) is 2.31. The van der Waals surface area contributed by atoms with Crippen molar-refractivity contribution in [2.75, 3.05) is 31.7 Å². The number of carbonyl (C=O) groups excluding carboxylic acids is 2. The normalized spacial score (nSPS) is 23.4. The molecule has 4 rings (SSSR count). The molecule has 0 bridgehead atoms. The number of aliphatic imine (C=N–C) groups is 1. The molecule has 3 amide bonds. The zero-order chi connectivity index (χ0) is 20.7. The molecule has 29 heavy (non-hydrogen) atoms. The number of anilines is 1. The summed E-state index contributed by atoms with van der Waals surface area (Å²) in [7, 11) is 1.70.